The molecule has 2 N–H and O–H groups in total. The highest BCUT2D eigenvalue weighted by molar-refractivity contribution is 5.58. The molecule has 0 fully saturated rings. The van der Waals surface area contributed by atoms with Crippen molar-refractivity contribution in [2.24, 2.45) is 5.73 Å². The standard InChI is InChI=1S/C15H19FN4O/c1-11-10-14(21-2)19-15(18-11)20(9-5-8-17)13-7-4-3-6-12(13)16/h3-4,6-7,10H,5,8-9,17H2,1-2H3. The van der Waals surface area contributed by atoms with Gasteiger partial charge in [0.15, 0.2) is 0 Å². The summed E-state index contributed by atoms with van der Waals surface area (Å²) >= 11 is 0. The Hall–Kier alpha value is -2.21. The third kappa shape index (κ3) is 3.66. The molecule has 0 aliphatic heterocycles. The lowest BCUT2D eigenvalue weighted by Gasteiger charge is -2.23. The topological polar surface area (TPSA) is 64.3 Å². The summed E-state index contributed by atoms with van der Waals surface area (Å²) in [6.45, 7) is 2.88. The summed E-state index contributed by atoms with van der Waals surface area (Å²) in [4.78, 5) is 10.4. The molecule has 0 amide bonds. The maximum absolute atomic E-state index is 14.1. The molecule has 0 unspecified atom stereocenters. The molecule has 1 aromatic carbocycles. The fraction of sp³-hybridized carbons (Fsp3) is 0.333. The average molecular weight is 290 g/mol. The van der Waals surface area contributed by atoms with E-state index in [2.05, 4.69) is 9.97 Å². The van der Waals surface area contributed by atoms with Gasteiger partial charge in [-0.15, -0.1) is 0 Å². The smallest absolute Gasteiger partial charge is 0.233 e. The van der Waals surface area contributed by atoms with E-state index < -0.39 is 0 Å². The van der Waals surface area contributed by atoms with Gasteiger partial charge in [0.05, 0.1) is 12.8 Å². The van der Waals surface area contributed by atoms with Crippen molar-refractivity contribution >= 4 is 11.6 Å². The molecule has 0 aliphatic rings. The molecule has 112 valence electrons. The molecule has 0 saturated heterocycles. The molecule has 0 saturated carbocycles. The monoisotopic (exact) mass is 290 g/mol. The van der Waals surface area contributed by atoms with Crippen LogP contribution in [0.1, 0.15) is 12.1 Å². The number of ether oxygens (including phenoxy) is 1. The molecule has 2 aromatic rings. The molecule has 5 nitrogen and oxygen atoms in total. The van der Waals surface area contributed by atoms with Gasteiger partial charge in [0.25, 0.3) is 0 Å². The van der Waals surface area contributed by atoms with Crippen molar-refractivity contribution in [3.63, 3.8) is 0 Å². The van der Waals surface area contributed by atoms with Crippen LogP contribution in [0.5, 0.6) is 5.88 Å². The zero-order chi connectivity index (χ0) is 15.2. The molecule has 0 bridgehead atoms. The number of halogens is 1. The lowest BCUT2D eigenvalue weighted by molar-refractivity contribution is 0.396. The fourth-order valence-corrected chi connectivity index (χ4v) is 2.00. The highest BCUT2D eigenvalue weighted by Crippen LogP contribution is 2.26. The van der Waals surface area contributed by atoms with Crippen LogP contribution in [0, 0.1) is 12.7 Å². The maximum Gasteiger partial charge on any atom is 0.233 e. The van der Waals surface area contributed by atoms with Gasteiger partial charge in [0.2, 0.25) is 11.8 Å². The number of hydrogen-bond acceptors (Lipinski definition) is 5. The van der Waals surface area contributed by atoms with E-state index in [1.54, 1.807) is 36.3 Å². The summed E-state index contributed by atoms with van der Waals surface area (Å²) < 4.78 is 19.2. The van der Waals surface area contributed by atoms with Gasteiger partial charge in [-0.25, -0.2) is 9.37 Å². The van der Waals surface area contributed by atoms with Gasteiger partial charge in [-0.2, -0.15) is 4.98 Å². The number of methoxy groups -OCH3 is 1. The number of nitrogens with zero attached hydrogens (tertiary/aromatic N) is 3. The first-order valence-electron chi connectivity index (χ1n) is 6.77. The number of para-hydroxylation sites is 1. The van der Waals surface area contributed by atoms with E-state index in [1.807, 2.05) is 6.92 Å². The minimum atomic E-state index is -0.321. The first-order valence-corrected chi connectivity index (χ1v) is 6.77. The van der Waals surface area contributed by atoms with E-state index in [0.29, 0.717) is 37.0 Å². The molecule has 1 heterocycles. The molecule has 0 spiro atoms. The molecule has 6 heteroatoms. The average Bonchev–Trinajstić information content (AvgIpc) is 2.48. The first kappa shape index (κ1) is 15.2. The van der Waals surface area contributed by atoms with Crippen molar-refractivity contribution in [3.05, 3.63) is 41.8 Å². The minimum absolute atomic E-state index is 0.321. The molecule has 2 rings (SSSR count). The van der Waals surface area contributed by atoms with Crippen molar-refractivity contribution in [2.75, 3.05) is 25.1 Å². The number of hydrogen-bond donors (Lipinski definition) is 1. The summed E-state index contributed by atoms with van der Waals surface area (Å²) in [5, 5.41) is 0. The number of rotatable bonds is 6. The van der Waals surface area contributed by atoms with Crippen LogP contribution >= 0.6 is 0 Å². The Labute approximate surface area is 123 Å². The first-order chi connectivity index (χ1) is 10.2. The van der Waals surface area contributed by atoms with Gasteiger partial charge >= 0.3 is 0 Å². The zero-order valence-corrected chi connectivity index (χ0v) is 12.2. The van der Waals surface area contributed by atoms with Crippen LogP contribution in [-0.4, -0.2) is 30.2 Å². The highest BCUT2D eigenvalue weighted by Gasteiger charge is 2.16. The summed E-state index contributed by atoms with van der Waals surface area (Å²) in [6, 6.07) is 8.27. The van der Waals surface area contributed by atoms with Gasteiger partial charge in [-0.05, 0) is 32.0 Å². The fourth-order valence-electron chi connectivity index (χ4n) is 2.00. The molecular formula is C15H19FN4O. The van der Waals surface area contributed by atoms with E-state index in [0.717, 1.165) is 5.69 Å². The summed E-state index contributed by atoms with van der Waals surface area (Å²) in [6.07, 6.45) is 0.702. The van der Waals surface area contributed by atoms with Crippen molar-refractivity contribution in [1.82, 2.24) is 9.97 Å². The van der Waals surface area contributed by atoms with Crippen molar-refractivity contribution in [2.45, 2.75) is 13.3 Å². The van der Waals surface area contributed by atoms with Crippen molar-refractivity contribution in [3.8, 4) is 5.88 Å². The van der Waals surface area contributed by atoms with E-state index in [-0.39, 0.29) is 5.82 Å². The third-order valence-corrected chi connectivity index (χ3v) is 3.00. The normalized spacial score (nSPS) is 10.5. The Balaban J connectivity index is 2.45. The van der Waals surface area contributed by atoms with Gasteiger partial charge < -0.3 is 15.4 Å². The van der Waals surface area contributed by atoms with E-state index in [1.165, 1.54) is 6.07 Å². The van der Waals surface area contributed by atoms with Gasteiger partial charge in [0.1, 0.15) is 5.82 Å². The number of aryl methyl sites for hydroxylation is 1. The Morgan fingerprint density at radius 1 is 1.29 bits per heavy atom. The van der Waals surface area contributed by atoms with Gasteiger partial charge in [0, 0.05) is 18.3 Å². The number of anilines is 2. The van der Waals surface area contributed by atoms with Crippen LogP contribution < -0.4 is 15.4 Å². The molecule has 0 atom stereocenters. The van der Waals surface area contributed by atoms with Crippen LogP contribution in [0.4, 0.5) is 16.0 Å². The quantitative estimate of drug-likeness (QED) is 0.885. The summed E-state index contributed by atoms with van der Waals surface area (Å²) in [5.74, 6) is 0.538. The van der Waals surface area contributed by atoms with Gasteiger partial charge in [-0.1, -0.05) is 12.1 Å². The second-order valence-electron chi connectivity index (χ2n) is 4.60. The Morgan fingerprint density at radius 3 is 2.71 bits per heavy atom. The van der Waals surface area contributed by atoms with Gasteiger partial charge in [-0.3, -0.25) is 0 Å². The van der Waals surface area contributed by atoms with E-state index in [4.69, 9.17) is 10.5 Å². The Morgan fingerprint density at radius 2 is 2.05 bits per heavy atom. The Kier molecular flexibility index (Phi) is 5.05. The largest absolute Gasteiger partial charge is 0.481 e. The van der Waals surface area contributed by atoms with Crippen LogP contribution in [0.2, 0.25) is 0 Å². The number of benzene rings is 1. The second-order valence-corrected chi connectivity index (χ2v) is 4.60. The second kappa shape index (κ2) is 6.99. The van der Waals surface area contributed by atoms with Crippen molar-refractivity contribution < 1.29 is 9.13 Å². The number of aromatic nitrogens is 2. The Bertz CT molecular complexity index is 606. The molecular weight excluding hydrogens is 271 g/mol. The lowest BCUT2D eigenvalue weighted by Crippen LogP contribution is -2.24. The number of nitrogens with two attached hydrogens (primary N) is 1. The zero-order valence-electron chi connectivity index (χ0n) is 12.2. The highest BCUT2D eigenvalue weighted by atomic mass is 19.1. The predicted octanol–water partition coefficient (Wildman–Crippen LogP) is 2.42. The van der Waals surface area contributed by atoms with Crippen LogP contribution in [0.3, 0.4) is 0 Å². The van der Waals surface area contributed by atoms with E-state index in [9.17, 15) is 4.39 Å². The SMILES string of the molecule is COc1cc(C)nc(N(CCCN)c2ccccc2F)n1. The third-order valence-electron chi connectivity index (χ3n) is 3.00. The minimum Gasteiger partial charge on any atom is -0.481 e. The van der Waals surface area contributed by atoms with Crippen LogP contribution in [-0.2, 0) is 0 Å². The summed E-state index contributed by atoms with van der Waals surface area (Å²) in [7, 11) is 1.54. The molecule has 0 radical (unpaired) electrons. The molecule has 0 aliphatic carbocycles. The van der Waals surface area contributed by atoms with Crippen LogP contribution in [0.25, 0.3) is 0 Å². The predicted molar refractivity (Wildman–Crippen MR) is 80.4 cm³/mol. The molecule has 21 heavy (non-hydrogen) atoms. The van der Waals surface area contributed by atoms with Crippen LogP contribution in [0.15, 0.2) is 30.3 Å². The summed E-state index contributed by atoms with van der Waals surface area (Å²) in [5.41, 5.74) is 6.76. The molecule has 1 aromatic heterocycles. The lowest BCUT2D eigenvalue weighted by atomic mass is 10.2. The maximum atomic E-state index is 14.1. The van der Waals surface area contributed by atoms with Crippen molar-refractivity contribution in [1.29, 1.82) is 0 Å². The van der Waals surface area contributed by atoms with E-state index >= 15 is 0 Å².